The quantitative estimate of drug-likeness (QED) is 0.721. The monoisotopic (exact) mass is 382 g/mol. The van der Waals surface area contributed by atoms with Crippen molar-refractivity contribution in [3.63, 3.8) is 0 Å². The number of ether oxygens (including phenoxy) is 1. The highest BCUT2D eigenvalue weighted by molar-refractivity contribution is 7.91. The maximum atomic E-state index is 12.1. The van der Waals surface area contributed by atoms with Crippen molar-refractivity contribution in [2.24, 2.45) is 0 Å². The van der Waals surface area contributed by atoms with Gasteiger partial charge in [0.05, 0.1) is 7.11 Å². The van der Waals surface area contributed by atoms with E-state index >= 15 is 0 Å². The van der Waals surface area contributed by atoms with Crippen molar-refractivity contribution in [3.05, 3.63) is 47.3 Å². The molecule has 1 heterocycles. The zero-order valence-corrected chi connectivity index (χ0v) is 15.9. The average Bonchev–Trinajstić information content (AvgIpc) is 3.13. The molecule has 1 amide bonds. The maximum absolute atomic E-state index is 12.1. The highest BCUT2D eigenvalue weighted by Gasteiger charge is 2.16. The number of nitrogens with zero attached hydrogens (tertiary/aromatic N) is 1. The normalized spacial score (nSPS) is 11.3. The van der Waals surface area contributed by atoms with E-state index in [9.17, 15) is 13.2 Å². The van der Waals surface area contributed by atoms with E-state index in [0.29, 0.717) is 19.5 Å². The minimum absolute atomic E-state index is 0.0924. The third-order valence-corrected chi connectivity index (χ3v) is 6.58. The molecule has 0 saturated carbocycles. The van der Waals surface area contributed by atoms with Crippen LogP contribution in [-0.2, 0) is 21.2 Å². The van der Waals surface area contributed by atoms with E-state index in [1.54, 1.807) is 29.5 Å². The van der Waals surface area contributed by atoms with E-state index in [4.69, 9.17) is 4.74 Å². The second kappa shape index (κ2) is 8.98. The minimum Gasteiger partial charge on any atom is -0.496 e. The highest BCUT2D eigenvalue weighted by atomic mass is 32.2. The van der Waals surface area contributed by atoms with Gasteiger partial charge in [0.1, 0.15) is 9.96 Å². The van der Waals surface area contributed by atoms with Gasteiger partial charge in [-0.3, -0.25) is 4.79 Å². The van der Waals surface area contributed by atoms with Gasteiger partial charge in [-0.15, -0.1) is 11.3 Å². The lowest BCUT2D eigenvalue weighted by atomic mass is 10.1. The molecule has 0 atom stereocenters. The molecule has 8 heteroatoms. The van der Waals surface area contributed by atoms with Crippen LogP contribution in [0, 0.1) is 0 Å². The molecular weight excluding hydrogens is 360 g/mol. The van der Waals surface area contributed by atoms with Gasteiger partial charge in [0.15, 0.2) is 0 Å². The van der Waals surface area contributed by atoms with Crippen LogP contribution in [0.4, 0.5) is 0 Å². The van der Waals surface area contributed by atoms with Crippen LogP contribution >= 0.6 is 11.3 Å². The predicted molar refractivity (Wildman–Crippen MR) is 98.5 cm³/mol. The molecule has 0 aliphatic carbocycles. The molecule has 0 aliphatic heterocycles. The molecule has 0 radical (unpaired) electrons. The Kier molecular flexibility index (Phi) is 6.98. The van der Waals surface area contributed by atoms with Gasteiger partial charge in [0.2, 0.25) is 15.9 Å². The van der Waals surface area contributed by atoms with E-state index in [1.165, 1.54) is 6.92 Å². The van der Waals surface area contributed by atoms with Crippen LogP contribution in [0.5, 0.6) is 5.75 Å². The maximum Gasteiger partial charge on any atom is 0.250 e. The first kappa shape index (κ1) is 19.4. The van der Waals surface area contributed by atoms with Crippen LogP contribution in [0.2, 0.25) is 0 Å². The lowest BCUT2D eigenvalue weighted by Gasteiger charge is -2.21. The molecule has 136 valence electrons. The molecule has 0 spiro atoms. The largest absolute Gasteiger partial charge is 0.496 e. The summed E-state index contributed by atoms with van der Waals surface area (Å²) in [5.41, 5.74) is 1.01. The zero-order valence-electron chi connectivity index (χ0n) is 14.3. The average molecular weight is 383 g/mol. The number of benzene rings is 1. The summed E-state index contributed by atoms with van der Waals surface area (Å²) < 4.78 is 32.3. The Morgan fingerprint density at radius 3 is 2.60 bits per heavy atom. The molecule has 0 unspecified atom stereocenters. The van der Waals surface area contributed by atoms with E-state index in [0.717, 1.165) is 22.6 Å². The lowest BCUT2D eigenvalue weighted by molar-refractivity contribution is -0.128. The fraction of sp³-hybridized carbons (Fsp3) is 0.353. The number of hydrogen-bond acceptors (Lipinski definition) is 5. The molecule has 1 N–H and O–H groups in total. The van der Waals surface area contributed by atoms with Crippen molar-refractivity contribution in [2.45, 2.75) is 17.6 Å². The van der Waals surface area contributed by atoms with Crippen LogP contribution in [0.1, 0.15) is 12.5 Å². The Bertz CT molecular complexity index is 789. The van der Waals surface area contributed by atoms with Crippen LogP contribution in [0.15, 0.2) is 46.0 Å². The van der Waals surface area contributed by atoms with Gasteiger partial charge >= 0.3 is 0 Å². The van der Waals surface area contributed by atoms with E-state index in [-0.39, 0.29) is 16.7 Å². The molecule has 0 bridgehead atoms. The molecule has 2 rings (SSSR count). The second-order valence-corrected chi connectivity index (χ2v) is 8.34. The fourth-order valence-corrected chi connectivity index (χ4v) is 4.45. The number of carbonyl (C=O) groups excluding carboxylic acids is 1. The highest BCUT2D eigenvalue weighted by Crippen LogP contribution is 2.18. The summed E-state index contributed by atoms with van der Waals surface area (Å²) in [6.07, 6.45) is 0.640. The number of rotatable bonds is 9. The van der Waals surface area contributed by atoms with Crippen LogP contribution in [0.25, 0.3) is 0 Å². The Balaban J connectivity index is 1.90. The fourth-order valence-electron chi connectivity index (χ4n) is 2.39. The number of sulfonamides is 1. The zero-order chi connectivity index (χ0) is 18.3. The smallest absolute Gasteiger partial charge is 0.250 e. The number of hydrogen-bond donors (Lipinski definition) is 1. The van der Waals surface area contributed by atoms with Gasteiger partial charge in [-0.1, -0.05) is 24.3 Å². The molecular formula is C17H22N2O4S2. The Morgan fingerprint density at radius 1 is 1.20 bits per heavy atom. The first-order chi connectivity index (χ1) is 11.9. The third kappa shape index (κ3) is 5.55. The number of para-hydroxylation sites is 1. The molecule has 25 heavy (non-hydrogen) atoms. The van der Waals surface area contributed by atoms with Gasteiger partial charge in [-0.05, 0) is 29.5 Å². The SMILES string of the molecule is COc1ccccc1CCN(CCNS(=O)(=O)c1cccs1)C(C)=O. The van der Waals surface area contributed by atoms with E-state index < -0.39 is 10.0 Å². The Labute approximate surface area is 152 Å². The summed E-state index contributed by atoms with van der Waals surface area (Å²) in [5.74, 6) is 0.689. The first-order valence-electron chi connectivity index (χ1n) is 7.84. The number of nitrogens with one attached hydrogen (secondary N) is 1. The van der Waals surface area contributed by atoms with Crippen molar-refractivity contribution in [1.29, 1.82) is 0 Å². The lowest BCUT2D eigenvalue weighted by Crippen LogP contribution is -2.38. The molecule has 6 nitrogen and oxygen atoms in total. The van der Waals surface area contributed by atoms with Crippen molar-refractivity contribution < 1.29 is 17.9 Å². The van der Waals surface area contributed by atoms with Crippen molar-refractivity contribution in [1.82, 2.24) is 9.62 Å². The minimum atomic E-state index is -3.51. The molecule has 1 aromatic heterocycles. The standard InChI is InChI=1S/C17H22N2O4S2/c1-14(20)19(11-9-15-6-3-4-7-16(15)23-2)12-10-18-25(21,22)17-8-5-13-24-17/h3-8,13,18H,9-12H2,1-2H3. The molecule has 0 aliphatic rings. The van der Waals surface area contributed by atoms with E-state index in [1.807, 2.05) is 24.3 Å². The van der Waals surface area contributed by atoms with Gasteiger partial charge in [0.25, 0.3) is 0 Å². The van der Waals surface area contributed by atoms with Gasteiger partial charge in [-0.2, -0.15) is 0 Å². The number of carbonyl (C=O) groups is 1. The summed E-state index contributed by atoms with van der Waals surface area (Å²) in [7, 11) is -1.89. The van der Waals surface area contributed by atoms with E-state index in [2.05, 4.69) is 4.72 Å². The first-order valence-corrected chi connectivity index (χ1v) is 10.2. The van der Waals surface area contributed by atoms with Gasteiger partial charge in [0, 0.05) is 26.6 Å². The summed E-state index contributed by atoms with van der Waals surface area (Å²) in [6.45, 7) is 2.47. The summed E-state index contributed by atoms with van der Waals surface area (Å²) in [6, 6.07) is 10.9. The van der Waals surface area contributed by atoms with Gasteiger partial charge < -0.3 is 9.64 Å². The second-order valence-electron chi connectivity index (χ2n) is 5.40. The topological polar surface area (TPSA) is 75.7 Å². The molecule has 1 aromatic carbocycles. The third-order valence-electron chi connectivity index (χ3n) is 3.72. The predicted octanol–water partition coefficient (Wildman–Crippen LogP) is 2.13. The number of methoxy groups -OCH3 is 1. The van der Waals surface area contributed by atoms with Crippen LogP contribution in [0.3, 0.4) is 0 Å². The summed E-state index contributed by atoms with van der Waals surface area (Å²) in [5, 5.41) is 1.71. The van der Waals surface area contributed by atoms with Crippen molar-refractivity contribution in [3.8, 4) is 5.75 Å². The number of amides is 1. The Morgan fingerprint density at radius 2 is 1.96 bits per heavy atom. The van der Waals surface area contributed by atoms with Crippen molar-refractivity contribution >= 4 is 27.3 Å². The summed E-state index contributed by atoms with van der Waals surface area (Å²) >= 11 is 1.16. The molecule has 0 fully saturated rings. The van der Waals surface area contributed by atoms with Crippen LogP contribution in [-0.4, -0.2) is 46.0 Å². The van der Waals surface area contributed by atoms with Crippen molar-refractivity contribution in [2.75, 3.05) is 26.7 Å². The Hall–Kier alpha value is -1.90. The summed E-state index contributed by atoms with van der Waals surface area (Å²) in [4.78, 5) is 13.5. The number of thiophene rings is 1. The van der Waals surface area contributed by atoms with Crippen LogP contribution < -0.4 is 9.46 Å². The van der Waals surface area contributed by atoms with Gasteiger partial charge in [-0.25, -0.2) is 13.1 Å². The molecule has 0 saturated heterocycles. The molecule has 2 aromatic rings.